The molecule has 0 unspecified atom stereocenters. The van der Waals surface area contributed by atoms with E-state index in [9.17, 15) is 9.59 Å². The number of rotatable bonds is 5. The predicted molar refractivity (Wildman–Crippen MR) is 92.7 cm³/mol. The Kier molecular flexibility index (Phi) is 5.86. The standard InChI is InChI=1S/C18H16Cl2O4/c1-18(2,24-17(22)13-6-4-8-15(20)10-13)11-23-16(21)12-5-3-7-14(19)9-12/h3-10H,11H2,1-2H3. The van der Waals surface area contributed by atoms with Gasteiger partial charge < -0.3 is 9.47 Å². The molecule has 2 aromatic carbocycles. The highest BCUT2D eigenvalue weighted by Crippen LogP contribution is 2.18. The summed E-state index contributed by atoms with van der Waals surface area (Å²) in [4.78, 5) is 24.1. The first-order valence-electron chi connectivity index (χ1n) is 7.18. The van der Waals surface area contributed by atoms with Gasteiger partial charge in [0.05, 0.1) is 11.1 Å². The number of benzene rings is 2. The molecule has 4 nitrogen and oxygen atoms in total. The van der Waals surface area contributed by atoms with E-state index in [0.717, 1.165) is 0 Å². The average molecular weight is 367 g/mol. The number of hydrogen-bond donors (Lipinski definition) is 0. The summed E-state index contributed by atoms with van der Waals surface area (Å²) in [6.07, 6.45) is 0. The van der Waals surface area contributed by atoms with Crippen molar-refractivity contribution in [2.24, 2.45) is 0 Å². The second-order valence-electron chi connectivity index (χ2n) is 5.75. The molecule has 0 aliphatic carbocycles. The summed E-state index contributed by atoms with van der Waals surface area (Å²) in [7, 11) is 0. The predicted octanol–water partition coefficient (Wildman–Crippen LogP) is 4.79. The van der Waals surface area contributed by atoms with Crippen LogP contribution in [0.5, 0.6) is 0 Å². The summed E-state index contributed by atoms with van der Waals surface area (Å²) in [5.74, 6) is -1.08. The van der Waals surface area contributed by atoms with Crippen LogP contribution in [0.3, 0.4) is 0 Å². The van der Waals surface area contributed by atoms with Crippen LogP contribution in [0.1, 0.15) is 34.6 Å². The second kappa shape index (κ2) is 7.69. The van der Waals surface area contributed by atoms with Gasteiger partial charge >= 0.3 is 11.9 Å². The molecule has 0 radical (unpaired) electrons. The fraction of sp³-hybridized carbons (Fsp3) is 0.222. The van der Waals surface area contributed by atoms with Crippen LogP contribution < -0.4 is 0 Å². The van der Waals surface area contributed by atoms with Gasteiger partial charge in [-0.25, -0.2) is 9.59 Å². The Labute approximate surface area is 150 Å². The minimum absolute atomic E-state index is 0.0926. The van der Waals surface area contributed by atoms with E-state index >= 15 is 0 Å². The molecular formula is C18H16Cl2O4. The lowest BCUT2D eigenvalue weighted by atomic mass is 10.1. The zero-order valence-corrected chi connectivity index (χ0v) is 14.7. The first-order chi connectivity index (χ1) is 11.3. The van der Waals surface area contributed by atoms with Crippen molar-refractivity contribution in [3.63, 3.8) is 0 Å². The first-order valence-corrected chi connectivity index (χ1v) is 7.94. The van der Waals surface area contributed by atoms with Crippen LogP contribution in [-0.2, 0) is 9.47 Å². The Morgan fingerprint density at radius 1 is 0.917 bits per heavy atom. The summed E-state index contributed by atoms with van der Waals surface area (Å²) in [5, 5.41) is 0.880. The van der Waals surface area contributed by atoms with E-state index in [1.807, 2.05) is 0 Å². The Hall–Kier alpha value is -2.04. The lowest BCUT2D eigenvalue weighted by Gasteiger charge is -2.24. The van der Waals surface area contributed by atoms with Gasteiger partial charge in [-0.05, 0) is 50.2 Å². The number of carbonyl (C=O) groups excluding carboxylic acids is 2. The minimum atomic E-state index is -0.992. The second-order valence-corrected chi connectivity index (χ2v) is 6.62. The van der Waals surface area contributed by atoms with Gasteiger partial charge in [-0.15, -0.1) is 0 Å². The summed E-state index contributed by atoms with van der Waals surface area (Å²) >= 11 is 11.7. The molecule has 24 heavy (non-hydrogen) atoms. The lowest BCUT2D eigenvalue weighted by molar-refractivity contribution is -0.0370. The fourth-order valence-corrected chi connectivity index (χ4v) is 2.27. The lowest BCUT2D eigenvalue weighted by Crippen LogP contribution is -2.34. The van der Waals surface area contributed by atoms with E-state index < -0.39 is 17.5 Å². The molecule has 2 aromatic rings. The molecule has 0 saturated carbocycles. The van der Waals surface area contributed by atoms with Crippen molar-refractivity contribution in [3.05, 3.63) is 69.7 Å². The summed E-state index contributed by atoms with van der Waals surface area (Å²) < 4.78 is 10.6. The Morgan fingerprint density at radius 3 is 1.92 bits per heavy atom. The van der Waals surface area contributed by atoms with Crippen molar-refractivity contribution < 1.29 is 19.1 Å². The SMILES string of the molecule is CC(C)(COC(=O)c1cccc(Cl)c1)OC(=O)c1cccc(Cl)c1. The molecule has 0 bridgehead atoms. The van der Waals surface area contributed by atoms with Crippen LogP contribution in [-0.4, -0.2) is 24.1 Å². The zero-order chi connectivity index (χ0) is 17.7. The van der Waals surface area contributed by atoms with E-state index in [2.05, 4.69) is 0 Å². The Bertz CT molecular complexity index is 756. The summed E-state index contributed by atoms with van der Waals surface area (Å²) in [6, 6.07) is 12.9. The molecular weight excluding hydrogens is 351 g/mol. The highest BCUT2D eigenvalue weighted by molar-refractivity contribution is 6.31. The van der Waals surface area contributed by atoms with E-state index in [1.165, 1.54) is 12.1 Å². The van der Waals surface area contributed by atoms with Gasteiger partial charge in [0.1, 0.15) is 12.2 Å². The van der Waals surface area contributed by atoms with Crippen LogP contribution in [0.4, 0.5) is 0 Å². The van der Waals surface area contributed by atoms with Gasteiger partial charge in [-0.2, -0.15) is 0 Å². The van der Waals surface area contributed by atoms with Crippen LogP contribution >= 0.6 is 23.2 Å². The molecule has 6 heteroatoms. The maximum atomic E-state index is 12.1. The van der Waals surface area contributed by atoms with E-state index in [1.54, 1.807) is 50.2 Å². The van der Waals surface area contributed by atoms with Crippen molar-refractivity contribution in [3.8, 4) is 0 Å². The van der Waals surface area contributed by atoms with Crippen molar-refractivity contribution in [1.82, 2.24) is 0 Å². The maximum Gasteiger partial charge on any atom is 0.338 e. The topological polar surface area (TPSA) is 52.6 Å². The first kappa shape index (κ1) is 18.3. The summed E-state index contributed by atoms with van der Waals surface area (Å²) in [6.45, 7) is 3.21. The van der Waals surface area contributed by atoms with Crippen molar-refractivity contribution in [2.45, 2.75) is 19.4 Å². The molecule has 0 amide bonds. The van der Waals surface area contributed by atoms with E-state index in [4.69, 9.17) is 32.7 Å². The third kappa shape index (κ3) is 5.25. The Balaban J connectivity index is 1.95. The smallest absolute Gasteiger partial charge is 0.338 e. The molecule has 0 aliphatic rings. The normalized spacial score (nSPS) is 11.0. The minimum Gasteiger partial charge on any atom is -0.458 e. The van der Waals surface area contributed by atoms with Crippen LogP contribution in [0.15, 0.2) is 48.5 Å². The third-order valence-corrected chi connectivity index (χ3v) is 3.51. The number of carbonyl (C=O) groups is 2. The molecule has 0 aromatic heterocycles. The van der Waals surface area contributed by atoms with Crippen LogP contribution in [0, 0.1) is 0 Å². The van der Waals surface area contributed by atoms with E-state index in [-0.39, 0.29) is 6.61 Å². The molecule has 0 heterocycles. The van der Waals surface area contributed by atoms with Crippen LogP contribution in [0.2, 0.25) is 10.0 Å². The van der Waals surface area contributed by atoms with Crippen molar-refractivity contribution >= 4 is 35.1 Å². The number of halogens is 2. The monoisotopic (exact) mass is 366 g/mol. The number of esters is 2. The van der Waals surface area contributed by atoms with Crippen molar-refractivity contribution in [1.29, 1.82) is 0 Å². The van der Waals surface area contributed by atoms with Gasteiger partial charge in [0.15, 0.2) is 0 Å². The highest BCUT2D eigenvalue weighted by Gasteiger charge is 2.26. The number of ether oxygens (including phenoxy) is 2. The van der Waals surface area contributed by atoms with Gasteiger partial charge in [-0.1, -0.05) is 35.3 Å². The fourth-order valence-electron chi connectivity index (χ4n) is 1.89. The largest absolute Gasteiger partial charge is 0.458 e. The van der Waals surface area contributed by atoms with Gasteiger partial charge in [-0.3, -0.25) is 0 Å². The van der Waals surface area contributed by atoms with E-state index in [0.29, 0.717) is 21.2 Å². The molecule has 126 valence electrons. The summed E-state index contributed by atoms with van der Waals surface area (Å²) in [5.41, 5.74) is -0.329. The molecule has 0 fully saturated rings. The van der Waals surface area contributed by atoms with Gasteiger partial charge in [0, 0.05) is 10.0 Å². The molecule has 0 spiro atoms. The average Bonchev–Trinajstić information content (AvgIpc) is 2.52. The molecule has 0 saturated heterocycles. The Morgan fingerprint density at radius 2 is 1.42 bits per heavy atom. The van der Waals surface area contributed by atoms with Gasteiger partial charge in [0.25, 0.3) is 0 Å². The quantitative estimate of drug-likeness (QED) is 0.714. The molecule has 0 N–H and O–H groups in total. The molecule has 0 aliphatic heterocycles. The highest BCUT2D eigenvalue weighted by atomic mass is 35.5. The molecule has 0 atom stereocenters. The third-order valence-electron chi connectivity index (χ3n) is 3.04. The zero-order valence-electron chi connectivity index (χ0n) is 13.2. The van der Waals surface area contributed by atoms with Gasteiger partial charge in [0.2, 0.25) is 0 Å². The maximum absolute atomic E-state index is 12.1. The molecule has 2 rings (SSSR count). The van der Waals surface area contributed by atoms with Crippen LogP contribution in [0.25, 0.3) is 0 Å². The van der Waals surface area contributed by atoms with Crippen molar-refractivity contribution in [2.75, 3.05) is 6.61 Å². The number of hydrogen-bond acceptors (Lipinski definition) is 4.